The first-order chi connectivity index (χ1) is 5.70. The third-order valence-electron chi connectivity index (χ3n) is 1.15. The van der Waals surface area contributed by atoms with Crippen molar-refractivity contribution in [1.29, 1.82) is 0 Å². The van der Waals surface area contributed by atoms with E-state index in [-0.39, 0.29) is 6.04 Å². The minimum atomic E-state index is 0.198. The lowest BCUT2D eigenvalue weighted by Gasteiger charge is -2.03. The van der Waals surface area contributed by atoms with E-state index in [0.29, 0.717) is 0 Å². The fraction of sp³-hybridized carbons (Fsp3) is 0.455. The molecule has 12 heavy (non-hydrogen) atoms. The first kappa shape index (κ1) is 13.7. The van der Waals surface area contributed by atoms with Crippen molar-refractivity contribution in [2.75, 3.05) is 0 Å². The first-order valence-electron chi connectivity index (χ1n) is 4.40. The molecular formula is C11H21N. The molecule has 0 fully saturated rings. The summed E-state index contributed by atoms with van der Waals surface area (Å²) < 4.78 is 0. The summed E-state index contributed by atoms with van der Waals surface area (Å²) in [5.74, 6) is 0. The van der Waals surface area contributed by atoms with Crippen LogP contribution in [0.15, 0.2) is 37.0 Å². The zero-order valence-electron chi connectivity index (χ0n) is 8.51. The summed E-state index contributed by atoms with van der Waals surface area (Å²) in [6.45, 7) is 13.2. The van der Waals surface area contributed by atoms with E-state index in [2.05, 4.69) is 13.2 Å². The molecule has 0 amide bonds. The molecule has 0 aliphatic rings. The highest BCUT2D eigenvalue weighted by Gasteiger charge is 1.94. The second kappa shape index (κ2) is 10.2. The van der Waals surface area contributed by atoms with Crippen molar-refractivity contribution < 1.29 is 0 Å². The third-order valence-corrected chi connectivity index (χ3v) is 1.15. The number of nitrogens with two attached hydrogens (primary N) is 1. The maximum atomic E-state index is 5.58. The molecule has 1 unspecified atom stereocenters. The van der Waals surface area contributed by atoms with Gasteiger partial charge >= 0.3 is 0 Å². The molecule has 0 bridgehead atoms. The zero-order valence-corrected chi connectivity index (χ0v) is 8.51. The monoisotopic (exact) mass is 167 g/mol. The molecule has 0 saturated carbocycles. The lowest BCUT2D eigenvalue weighted by Crippen LogP contribution is -2.14. The molecule has 0 aromatic heterocycles. The van der Waals surface area contributed by atoms with Crippen molar-refractivity contribution in [3.63, 3.8) is 0 Å². The Kier molecular flexibility index (Phi) is 11.7. The minimum absolute atomic E-state index is 0.198. The molecular weight excluding hydrogens is 146 g/mol. The van der Waals surface area contributed by atoms with Gasteiger partial charge in [0.25, 0.3) is 0 Å². The molecule has 70 valence electrons. The average molecular weight is 167 g/mol. The SMILES string of the molecule is C=C/C=C(\C=C)CC(C)N.CC. The Morgan fingerprint density at radius 1 is 1.42 bits per heavy atom. The van der Waals surface area contributed by atoms with Crippen molar-refractivity contribution >= 4 is 0 Å². The Hall–Kier alpha value is -0.820. The van der Waals surface area contributed by atoms with Gasteiger partial charge in [-0.05, 0) is 18.9 Å². The van der Waals surface area contributed by atoms with Gasteiger partial charge in [-0.3, -0.25) is 0 Å². The van der Waals surface area contributed by atoms with Crippen LogP contribution in [0, 0.1) is 0 Å². The van der Waals surface area contributed by atoms with Gasteiger partial charge in [0, 0.05) is 6.04 Å². The predicted molar refractivity (Wildman–Crippen MR) is 58.1 cm³/mol. The molecule has 0 rings (SSSR count). The van der Waals surface area contributed by atoms with Gasteiger partial charge in [-0.15, -0.1) is 0 Å². The highest BCUT2D eigenvalue weighted by atomic mass is 14.6. The third kappa shape index (κ3) is 9.18. The van der Waals surface area contributed by atoms with Crippen LogP contribution in [0.1, 0.15) is 27.2 Å². The quantitative estimate of drug-likeness (QED) is 0.640. The minimum Gasteiger partial charge on any atom is -0.328 e. The zero-order chi connectivity index (χ0) is 9.98. The number of allylic oxidation sites excluding steroid dienone is 3. The Morgan fingerprint density at radius 3 is 2.17 bits per heavy atom. The van der Waals surface area contributed by atoms with Gasteiger partial charge in [0.1, 0.15) is 0 Å². The van der Waals surface area contributed by atoms with Crippen LogP contribution in [-0.2, 0) is 0 Å². The Morgan fingerprint density at radius 2 is 1.92 bits per heavy atom. The molecule has 1 atom stereocenters. The van der Waals surface area contributed by atoms with Crippen LogP contribution in [0.4, 0.5) is 0 Å². The van der Waals surface area contributed by atoms with Crippen molar-refractivity contribution in [2.24, 2.45) is 5.73 Å². The van der Waals surface area contributed by atoms with E-state index in [1.54, 1.807) is 6.08 Å². The van der Waals surface area contributed by atoms with E-state index in [9.17, 15) is 0 Å². The normalized spacial score (nSPS) is 12.5. The first-order valence-corrected chi connectivity index (χ1v) is 4.40. The van der Waals surface area contributed by atoms with E-state index in [4.69, 9.17) is 5.73 Å². The number of hydrogen-bond acceptors (Lipinski definition) is 1. The predicted octanol–water partition coefficient (Wildman–Crippen LogP) is 3.05. The summed E-state index contributed by atoms with van der Waals surface area (Å²) in [6, 6.07) is 0.198. The van der Waals surface area contributed by atoms with Gasteiger partial charge in [0.05, 0.1) is 0 Å². The van der Waals surface area contributed by atoms with E-state index in [1.807, 2.05) is 32.9 Å². The standard InChI is InChI=1S/C9H15N.C2H6/c1-4-6-9(5-2)7-8(3)10;1-2/h4-6,8H,1-2,7,10H2,3H3;1-2H3/b9-6+;. The second-order valence-electron chi connectivity index (χ2n) is 2.36. The molecule has 1 heteroatoms. The molecule has 0 aromatic carbocycles. The molecule has 1 nitrogen and oxygen atoms in total. The van der Waals surface area contributed by atoms with Crippen LogP contribution in [0.5, 0.6) is 0 Å². The van der Waals surface area contributed by atoms with Gasteiger partial charge in [-0.1, -0.05) is 45.2 Å². The van der Waals surface area contributed by atoms with Crippen LogP contribution in [0.25, 0.3) is 0 Å². The van der Waals surface area contributed by atoms with E-state index < -0.39 is 0 Å². The average Bonchev–Trinajstić information content (AvgIpc) is 2.07. The molecule has 0 aromatic rings. The van der Waals surface area contributed by atoms with Crippen LogP contribution in [-0.4, -0.2) is 6.04 Å². The van der Waals surface area contributed by atoms with Gasteiger partial charge in [-0.2, -0.15) is 0 Å². The molecule has 0 saturated heterocycles. The van der Waals surface area contributed by atoms with E-state index in [0.717, 1.165) is 12.0 Å². The lowest BCUT2D eigenvalue weighted by molar-refractivity contribution is 0.741. The number of rotatable bonds is 4. The summed E-state index contributed by atoms with van der Waals surface area (Å²) in [5, 5.41) is 0. The van der Waals surface area contributed by atoms with Crippen molar-refractivity contribution in [1.82, 2.24) is 0 Å². The molecule has 2 N–H and O–H groups in total. The van der Waals surface area contributed by atoms with Gasteiger partial charge < -0.3 is 5.73 Å². The summed E-state index contributed by atoms with van der Waals surface area (Å²) in [5.41, 5.74) is 6.72. The fourth-order valence-corrected chi connectivity index (χ4v) is 0.743. The van der Waals surface area contributed by atoms with Crippen molar-refractivity contribution in [3.05, 3.63) is 37.0 Å². The van der Waals surface area contributed by atoms with E-state index in [1.165, 1.54) is 0 Å². The van der Waals surface area contributed by atoms with Crippen LogP contribution in [0.2, 0.25) is 0 Å². The summed E-state index contributed by atoms with van der Waals surface area (Å²) in [6.07, 6.45) is 6.36. The maximum Gasteiger partial charge on any atom is 0.00509 e. The largest absolute Gasteiger partial charge is 0.328 e. The lowest BCUT2D eigenvalue weighted by atomic mass is 10.1. The van der Waals surface area contributed by atoms with E-state index >= 15 is 0 Å². The topological polar surface area (TPSA) is 26.0 Å². The van der Waals surface area contributed by atoms with Crippen LogP contribution >= 0.6 is 0 Å². The molecule has 0 spiro atoms. The second-order valence-corrected chi connectivity index (χ2v) is 2.36. The summed E-state index contributed by atoms with van der Waals surface area (Å²) in [7, 11) is 0. The summed E-state index contributed by atoms with van der Waals surface area (Å²) in [4.78, 5) is 0. The fourth-order valence-electron chi connectivity index (χ4n) is 0.743. The van der Waals surface area contributed by atoms with Crippen LogP contribution in [0.3, 0.4) is 0 Å². The van der Waals surface area contributed by atoms with Crippen molar-refractivity contribution in [2.45, 2.75) is 33.2 Å². The molecule has 0 heterocycles. The van der Waals surface area contributed by atoms with Crippen molar-refractivity contribution in [3.8, 4) is 0 Å². The molecule has 0 radical (unpaired) electrons. The van der Waals surface area contributed by atoms with Gasteiger partial charge in [0.2, 0.25) is 0 Å². The van der Waals surface area contributed by atoms with Gasteiger partial charge in [-0.25, -0.2) is 0 Å². The Bertz CT molecular complexity index is 143. The smallest absolute Gasteiger partial charge is 0.00509 e. The van der Waals surface area contributed by atoms with Crippen LogP contribution < -0.4 is 5.73 Å². The number of hydrogen-bond donors (Lipinski definition) is 1. The Balaban J connectivity index is 0. The summed E-state index contributed by atoms with van der Waals surface area (Å²) >= 11 is 0. The highest BCUT2D eigenvalue weighted by molar-refractivity contribution is 5.21. The molecule has 0 aliphatic carbocycles. The Labute approximate surface area is 76.7 Å². The highest BCUT2D eigenvalue weighted by Crippen LogP contribution is 2.04. The molecule has 0 aliphatic heterocycles. The van der Waals surface area contributed by atoms with Gasteiger partial charge in [0.15, 0.2) is 0 Å². The maximum absolute atomic E-state index is 5.58.